The number of H-pyrrole nitrogens is 1. The van der Waals surface area contributed by atoms with Crippen molar-refractivity contribution in [2.45, 2.75) is 39.8 Å². The molecule has 0 aliphatic carbocycles. The number of thiophene rings is 2. The second-order valence-electron chi connectivity index (χ2n) is 7.29. The molecule has 1 amide bonds. The Morgan fingerprint density at radius 3 is 2.63 bits per heavy atom. The normalized spacial score (nSPS) is 11.1. The number of nitrogens with one attached hydrogen (secondary N) is 1. The summed E-state index contributed by atoms with van der Waals surface area (Å²) < 4.78 is 0. The van der Waals surface area contributed by atoms with Crippen LogP contribution in [0.3, 0.4) is 0 Å². The maximum Gasteiger partial charge on any atom is 0.259 e. The van der Waals surface area contributed by atoms with Crippen molar-refractivity contribution in [1.82, 2.24) is 14.9 Å². The lowest BCUT2D eigenvalue weighted by molar-refractivity contribution is -0.132. The maximum atomic E-state index is 13.1. The highest BCUT2D eigenvalue weighted by Crippen LogP contribution is 2.26. The van der Waals surface area contributed by atoms with Crippen LogP contribution < -0.4 is 5.56 Å². The first-order valence-electron chi connectivity index (χ1n) is 9.84. The van der Waals surface area contributed by atoms with Gasteiger partial charge in [-0.2, -0.15) is 0 Å². The zero-order valence-corrected chi connectivity index (χ0v) is 18.6. The summed E-state index contributed by atoms with van der Waals surface area (Å²) in [5.41, 5.74) is 1.98. The molecule has 1 N–H and O–H groups in total. The zero-order chi connectivity index (χ0) is 21.1. The van der Waals surface area contributed by atoms with Crippen LogP contribution in [0.1, 0.15) is 33.1 Å². The molecule has 0 saturated carbocycles. The van der Waals surface area contributed by atoms with Crippen LogP contribution in [0.4, 0.5) is 0 Å². The molecule has 1 aromatic carbocycles. The number of fused-ring (bicyclic) bond motifs is 1. The molecule has 0 aliphatic rings. The van der Waals surface area contributed by atoms with E-state index in [9.17, 15) is 9.59 Å². The van der Waals surface area contributed by atoms with Crippen LogP contribution in [-0.4, -0.2) is 20.8 Å². The molecule has 3 heterocycles. The summed E-state index contributed by atoms with van der Waals surface area (Å²) in [5, 5.41) is 2.66. The van der Waals surface area contributed by atoms with E-state index >= 15 is 0 Å². The number of benzene rings is 1. The third kappa shape index (κ3) is 4.52. The number of rotatable bonds is 7. The van der Waals surface area contributed by atoms with Crippen molar-refractivity contribution < 1.29 is 4.79 Å². The lowest BCUT2D eigenvalue weighted by atomic mass is 10.1. The highest BCUT2D eigenvalue weighted by atomic mass is 32.1. The van der Waals surface area contributed by atoms with Gasteiger partial charge >= 0.3 is 0 Å². The van der Waals surface area contributed by atoms with Crippen molar-refractivity contribution in [2.24, 2.45) is 0 Å². The van der Waals surface area contributed by atoms with Crippen molar-refractivity contribution in [3.05, 3.63) is 84.9 Å². The van der Waals surface area contributed by atoms with Crippen molar-refractivity contribution in [3.63, 3.8) is 0 Å². The number of nitrogens with zero attached hydrogens (tertiary/aromatic N) is 2. The van der Waals surface area contributed by atoms with Crippen molar-refractivity contribution in [2.75, 3.05) is 0 Å². The topological polar surface area (TPSA) is 66.1 Å². The van der Waals surface area contributed by atoms with Gasteiger partial charge in [0, 0.05) is 16.2 Å². The fraction of sp³-hybridized carbons (Fsp3) is 0.261. The second-order valence-corrected chi connectivity index (χ2v) is 9.53. The molecule has 30 heavy (non-hydrogen) atoms. The number of aromatic amines is 1. The van der Waals surface area contributed by atoms with Gasteiger partial charge in [-0.05, 0) is 42.8 Å². The highest BCUT2D eigenvalue weighted by molar-refractivity contribution is 7.18. The molecular formula is C23H23N3O2S2. The van der Waals surface area contributed by atoms with Gasteiger partial charge in [0.2, 0.25) is 5.91 Å². The van der Waals surface area contributed by atoms with E-state index in [1.807, 2.05) is 61.7 Å². The molecule has 3 aromatic heterocycles. The Balaban J connectivity index is 1.57. The fourth-order valence-corrected chi connectivity index (χ4v) is 5.20. The molecule has 0 bridgehead atoms. The molecular weight excluding hydrogens is 414 g/mol. The van der Waals surface area contributed by atoms with Gasteiger partial charge in [0.1, 0.15) is 10.7 Å². The van der Waals surface area contributed by atoms with Gasteiger partial charge in [-0.3, -0.25) is 9.59 Å². The summed E-state index contributed by atoms with van der Waals surface area (Å²) in [5.74, 6) is 0.576. The Labute approximate surface area is 183 Å². The molecule has 0 spiro atoms. The molecule has 154 valence electrons. The van der Waals surface area contributed by atoms with Gasteiger partial charge in [-0.15, -0.1) is 22.7 Å². The average molecular weight is 438 g/mol. The van der Waals surface area contributed by atoms with E-state index in [1.54, 1.807) is 16.2 Å². The van der Waals surface area contributed by atoms with Crippen LogP contribution >= 0.6 is 22.7 Å². The summed E-state index contributed by atoms with van der Waals surface area (Å²) in [7, 11) is 0. The van der Waals surface area contributed by atoms with E-state index in [0.717, 1.165) is 25.7 Å². The van der Waals surface area contributed by atoms with Crippen LogP contribution in [0, 0.1) is 13.8 Å². The third-order valence-electron chi connectivity index (χ3n) is 5.18. The molecule has 4 rings (SSSR count). The minimum absolute atomic E-state index is 0.0496. The number of hydrogen-bond acceptors (Lipinski definition) is 5. The summed E-state index contributed by atoms with van der Waals surface area (Å²) in [6.07, 6.45) is 1.10. The first kappa shape index (κ1) is 20.5. The molecule has 4 aromatic rings. The SMILES string of the molecule is Cc1sc2nc(CN(Cc3cccs3)C(=O)CCc3ccccc3)[nH]c(=O)c2c1C. The fourth-order valence-electron chi connectivity index (χ4n) is 3.43. The zero-order valence-electron chi connectivity index (χ0n) is 17.0. The largest absolute Gasteiger partial charge is 0.330 e. The van der Waals surface area contributed by atoms with E-state index in [-0.39, 0.29) is 18.0 Å². The lowest BCUT2D eigenvalue weighted by Gasteiger charge is -2.22. The first-order chi connectivity index (χ1) is 14.5. The number of amides is 1. The molecule has 0 fully saturated rings. The smallest absolute Gasteiger partial charge is 0.259 e. The highest BCUT2D eigenvalue weighted by Gasteiger charge is 2.18. The van der Waals surface area contributed by atoms with Gasteiger partial charge in [0.15, 0.2) is 0 Å². The summed E-state index contributed by atoms with van der Waals surface area (Å²) in [6.45, 7) is 4.74. The second kappa shape index (κ2) is 8.93. The van der Waals surface area contributed by atoms with Gasteiger partial charge in [0.05, 0.1) is 18.5 Å². The van der Waals surface area contributed by atoms with Gasteiger partial charge in [-0.1, -0.05) is 36.4 Å². The van der Waals surface area contributed by atoms with Crippen molar-refractivity contribution in [1.29, 1.82) is 0 Å². The van der Waals surface area contributed by atoms with Gasteiger partial charge in [0.25, 0.3) is 5.56 Å². The number of aryl methyl sites for hydroxylation is 3. The standard InChI is InChI=1S/C23H23N3O2S2/c1-15-16(2)30-23-21(15)22(28)24-19(25-23)14-26(13-18-9-6-12-29-18)20(27)11-10-17-7-4-3-5-8-17/h3-9,12H,10-11,13-14H2,1-2H3,(H,24,25,28). The molecule has 0 aliphatic heterocycles. The minimum atomic E-state index is -0.135. The van der Waals surface area contributed by atoms with Crippen LogP contribution in [0.5, 0.6) is 0 Å². The van der Waals surface area contributed by atoms with E-state index in [2.05, 4.69) is 9.97 Å². The Kier molecular flexibility index (Phi) is 6.11. The predicted octanol–water partition coefficient (Wildman–Crippen LogP) is 4.82. The number of aromatic nitrogens is 2. The Bertz CT molecular complexity index is 1210. The van der Waals surface area contributed by atoms with Crippen molar-refractivity contribution >= 4 is 38.8 Å². The Morgan fingerprint density at radius 2 is 1.90 bits per heavy atom. The van der Waals surface area contributed by atoms with Gasteiger partial charge < -0.3 is 9.88 Å². The van der Waals surface area contributed by atoms with Crippen molar-refractivity contribution in [3.8, 4) is 0 Å². The molecule has 0 unspecified atom stereocenters. The van der Waals surface area contributed by atoms with Crippen LogP contribution in [0.25, 0.3) is 10.2 Å². The first-order valence-corrected chi connectivity index (χ1v) is 11.5. The maximum absolute atomic E-state index is 13.1. The molecule has 7 heteroatoms. The minimum Gasteiger partial charge on any atom is -0.330 e. The summed E-state index contributed by atoms with van der Waals surface area (Å²) in [6, 6.07) is 14.0. The van der Waals surface area contributed by atoms with E-state index in [4.69, 9.17) is 0 Å². The lowest BCUT2D eigenvalue weighted by Crippen LogP contribution is -2.31. The van der Waals surface area contributed by atoms with Crippen LogP contribution in [0.15, 0.2) is 52.6 Å². The Morgan fingerprint density at radius 1 is 1.10 bits per heavy atom. The molecule has 0 saturated heterocycles. The molecule has 0 radical (unpaired) electrons. The van der Waals surface area contributed by atoms with Gasteiger partial charge in [-0.25, -0.2) is 4.98 Å². The summed E-state index contributed by atoms with van der Waals surface area (Å²) >= 11 is 3.14. The van der Waals surface area contributed by atoms with Crippen LogP contribution in [-0.2, 0) is 24.3 Å². The van der Waals surface area contributed by atoms with E-state index < -0.39 is 0 Å². The monoisotopic (exact) mass is 437 g/mol. The third-order valence-corrected chi connectivity index (χ3v) is 7.14. The van der Waals surface area contributed by atoms with E-state index in [1.165, 1.54) is 11.3 Å². The molecule has 5 nitrogen and oxygen atoms in total. The van der Waals surface area contributed by atoms with E-state index in [0.29, 0.717) is 30.6 Å². The number of carbonyl (C=O) groups is 1. The quantitative estimate of drug-likeness (QED) is 0.451. The number of hydrogen-bond donors (Lipinski definition) is 1. The average Bonchev–Trinajstić information content (AvgIpc) is 3.34. The Hall–Kier alpha value is -2.77. The van der Waals surface area contributed by atoms with Crippen LogP contribution in [0.2, 0.25) is 0 Å². The summed E-state index contributed by atoms with van der Waals surface area (Å²) in [4.78, 5) is 38.0. The predicted molar refractivity (Wildman–Crippen MR) is 123 cm³/mol. The number of carbonyl (C=O) groups excluding carboxylic acids is 1. The molecule has 0 atom stereocenters.